The molecule has 0 radical (unpaired) electrons. The lowest BCUT2D eigenvalue weighted by Gasteiger charge is -2.38. The lowest BCUT2D eigenvalue weighted by molar-refractivity contribution is 0.134. The zero-order valence-electron chi connectivity index (χ0n) is 18.5. The van der Waals surface area contributed by atoms with Crippen LogP contribution >= 0.6 is 0 Å². The second-order valence-corrected chi connectivity index (χ2v) is 8.32. The van der Waals surface area contributed by atoms with Crippen LogP contribution in [-0.4, -0.2) is 57.7 Å². The zero-order chi connectivity index (χ0) is 21.5. The number of rotatable bonds is 7. The number of hydrogen-bond acceptors (Lipinski definition) is 4. The van der Waals surface area contributed by atoms with Crippen molar-refractivity contribution in [1.29, 1.82) is 0 Å². The first-order valence-corrected chi connectivity index (χ1v) is 11.3. The molecule has 0 bridgehead atoms. The molecule has 1 aliphatic rings. The minimum atomic E-state index is 0.452. The highest BCUT2D eigenvalue weighted by Gasteiger charge is 2.25. The Kier molecular flexibility index (Phi) is 7.14. The van der Waals surface area contributed by atoms with Crippen molar-refractivity contribution in [2.24, 2.45) is 4.99 Å². The number of aliphatic imine (C=N–C) groups is 1. The van der Waals surface area contributed by atoms with E-state index in [4.69, 9.17) is 0 Å². The Hall–Kier alpha value is -2.93. The SMILES string of the molecule is CN=C(NCCCc1nnc2ccccn12)NC1CCN(Cc2ccccc2)C(C)C1. The van der Waals surface area contributed by atoms with Crippen LogP contribution in [0, 0.1) is 0 Å². The molecule has 2 unspecified atom stereocenters. The smallest absolute Gasteiger partial charge is 0.191 e. The molecule has 3 heterocycles. The molecule has 0 spiro atoms. The van der Waals surface area contributed by atoms with Crippen LogP contribution in [0.25, 0.3) is 5.65 Å². The Morgan fingerprint density at radius 1 is 1.13 bits per heavy atom. The van der Waals surface area contributed by atoms with Gasteiger partial charge in [-0.15, -0.1) is 10.2 Å². The molecule has 31 heavy (non-hydrogen) atoms. The predicted molar refractivity (Wildman–Crippen MR) is 125 cm³/mol. The molecule has 1 aromatic carbocycles. The Morgan fingerprint density at radius 3 is 2.77 bits per heavy atom. The molecule has 2 atom stereocenters. The number of fused-ring (bicyclic) bond motifs is 1. The summed E-state index contributed by atoms with van der Waals surface area (Å²) in [5.41, 5.74) is 2.29. The summed E-state index contributed by atoms with van der Waals surface area (Å²) in [4.78, 5) is 7.00. The molecular formula is C24H33N7. The minimum absolute atomic E-state index is 0.452. The van der Waals surface area contributed by atoms with E-state index in [1.165, 1.54) is 5.56 Å². The predicted octanol–water partition coefficient (Wildman–Crippen LogP) is 2.88. The van der Waals surface area contributed by atoms with Crippen LogP contribution in [0.4, 0.5) is 0 Å². The fourth-order valence-electron chi connectivity index (χ4n) is 4.31. The van der Waals surface area contributed by atoms with Gasteiger partial charge in [-0.2, -0.15) is 0 Å². The fraction of sp³-hybridized carbons (Fsp3) is 0.458. The van der Waals surface area contributed by atoms with Crippen molar-refractivity contribution in [3.05, 3.63) is 66.1 Å². The Labute approximate surface area is 184 Å². The van der Waals surface area contributed by atoms with Crippen LogP contribution in [0.1, 0.15) is 37.6 Å². The molecule has 1 fully saturated rings. The van der Waals surface area contributed by atoms with Crippen LogP contribution in [0.15, 0.2) is 59.7 Å². The average Bonchev–Trinajstić information content (AvgIpc) is 3.21. The van der Waals surface area contributed by atoms with Crippen LogP contribution in [-0.2, 0) is 13.0 Å². The van der Waals surface area contributed by atoms with Crippen molar-refractivity contribution in [3.8, 4) is 0 Å². The van der Waals surface area contributed by atoms with E-state index >= 15 is 0 Å². The van der Waals surface area contributed by atoms with E-state index in [2.05, 4.69) is 72.4 Å². The quantitative estimate of drug-likeness (QED) is 0.350. The Morgan fingerprint density at radius 2 is 1.97 bits per heavy atom. The third kappa shape index (κ3) is 5.61. The first-order valence-electron chi connectivity index (χ1n) is 11.3. The Balaban J connectivity index is 1.20. The van der Waals surface area contributed by atoms with Gasteiger partial charge >= 0.3 is 0 Å². The number of pyridine rings is 1. The van der Waals surface area contributed by atoms with E-state index in [0.29, 0.717) is 12.1 Å². The Bertz CT molecular complexity index is 982. The molecule has 7 heteroatoms. The maximum absolute atomic E-state index is 4.43. The van der Waals surface area contributed by atoms with E-state index in [1.807, 2.05) is 31.4 Å². The third-order valence-electron chi connectivity index (χ3n) is 6.06. The second kappa shape index (κ2) is 10.4. The highest BCUT2D eigenvalue weighted by atomic mass is 15.2. The highest BCUT2D eigenvalue weighted by Crippen LogP contribution is 2.19. The average molecular weight is 420 g/mol. The fourth-order valence-corrected chi connectivity index (χ4v) is 4.31. The molecule has 7 nitrogen and oxygen atoms in total. The summed E-state index contributed by atoms with van der Waals surface area (Å²) < 4.78 is 2.05. The van der Waals surface area contributed by atoms with Crippen LogP contribution in [0.3, 0.4) is 0 Å². The van der Waals surface area contributed by atoms with Crippen molar-refractivity contribution in [3.63, 3.8) is 0 Å². The summed E-state index contributed by atoms with van der Waals surface area (Å²) in [6.45, 7) is 5.31. The lowest BCUT2D eigenvalue weighted by atomic mass is 9.97. The normalized spacial score (nSPS) is 20.1. The highest BCUT2D eigenvalue weighted by molar-refractivity contribution is 5.79. The summed E-state index contributed by atoms with van der Waals surface area (Å²) in [5.74, 6) is 1.89. The molecule has 0 amide bonds. The second-order valence-electron chi connectivity index (χ2n) is 8.32. The number of aryl methyl sites for hydroxylation is 1. The van der Waals surface area contributed by atoms with Gasteiger partial charge in [-0.1, -0.05) is 36.4 Å². The number of piperidine rings is 1. The molecule has 3 aromatic rings. The maximum Gasteiger partial charge on any atom is 0.191 e. The summed E-state index contributed by atoms with van der Waals surface area (Å²) in [6.07, 6.45) is 6.12. The van der Waals surface area contributed by atoms with Crippen LogP contribution < -0.4 is 10.6 Å². The zero-order valence-corrected chi connectivity index (χ0v) is 18.5. The van der Waals surface area contributed by atoms with Gasteiger partial charge in [-0.25, -0.2) is 0 Å². The molecule has 164 valence electrons. The third-order valence-corrected chi connectivity index (χ3v) is 6.06. The standard InChI is InChI=1S/C24H33N7/c1-19-17-21(13-16-30(19)18-20-9-4-3-5-10-20)27-24(25-2)26-14-8-12-23-29-28-22-11-6-7-15-31(22)23/h3-7,9-11,15,19,21H,8,12-14,16-18H2,1-2H3,(H2,25,26,27). The molecule has 0 aliphatic carbocycles. The van der Waals surface area contributed by atoms with E-state index in [1.54, 1.807) is 0 Å². The first-order chi connectivity index (χ1) is 15.2. The number of hydrogen-bond donors (Lipinski definition) is 2. The largest absolute Gasteiger partial charge is 0.356 e. The number of guanidine groups is 1. The van der Waals surface area contributed by atoms with Crippen molar-refractivity contribution in [2.75, 3.05) is 20.1 Å². The van der Waals surface area contributed by atoms with Gasteiger partial charge < -0.3 is 10.6 Å². The molecule has 4 rings (SSSR count). The summed E-state index contributed by atoms with van der Waals surface area (Å²) in [5, 5.41) is 15.6. The van der Waals surface area contributed by atoms with Gasteiger partial charge in [0, 0.05) is 51.4 Å². The van der Waals surface area contributed by atoms with Gasteiger partial charge in [0.25, 0.3) is 0 Å². The topological polar surface area (TPSA) is 69.8 Å². The summed E-state index contributed by atoms with van der Waals surface area (Å²) in [7, 11) is 1.84. The van der Waals surface area contributed by atoms with Crippen molar-refractivity contribution in [2.45, 2.75) is 51.2 Å². The lowest BCUT2D eigenvalue weighted by Crippen LogP contribution is -2.51. The van der Waals surface area contributed by atoms with Crippen LogP contribution in [0.5, 0.6) is 0 Å². The van der Waals surface area contributed by atoms with Gasteiger partial charge in [0.05, 0.1) is 0 Å². The molecule has 1 aliphatic heterocycles. The molecule has 2 aromatic heterocycles. The van der Waals surface area contributed by atoms with E-state index < -0.39 is 0 Å². The van der Waals surface area contributed by atoms with Gasteiger partial charge in [-0.3, -0.25) is 14.3 Å². The van der Waals surface area contributed by atoms with Crippen LogP contribution in [0.2, 0.25) is 0 Å². The van der Waals surface area contributed by atoms with E-state index in [0.717, 1.165) is 62.7 Å². The summed E-state index contributed by atoms with van der Waals surface area (Å²) in [6, 6.07) is 17.7. The first kappa shape index (κ1) is 21.3. The molecule has 2 N–H and O–H groups in total. The molecule has 0 saturated carbocycles. The maximum atomic E-state index is 4.43. The molecule has 1 saturated heterocycles. The van der Waals surface area contributed by atoms with Gasteiger partial charge in [0.2, 0.25) is 0 Å². The van der Waals surface area contributed by atoms with E-state index in [9.17, 15) is 0 Å². The van der Waals surface area contributed by atoms with Gasteiger partial charge in [0.1, 0.15) is 5.82 Å². The van der Waals surface area contributed by atoms with E-state index in [-0.39, 0.29) is 0 Å². The van der Waals surface area contributed by atoms with Crippen molar-refractivity contribution >= 4 is 11.6 Å². The van der Waals surface area contributed by atoms with Crippen molar-refractivity contribution in [1.82, 2.24) is 30.1 Å². The van der Waals surface area contributed by atoms with Crippen molar-refractivity contribution < 1.29 is 0 Å². The number of likely N-dealkylation sites (tertiary alicyclic amines) is 1. The number of aromatic nitrogens is 3. The number of nitrogens with one attached hydrogen (secondary N) is 2. The van der Waals surface area contributed by atoms with Gasteiger partial charge in [0.15, 0.2) is 11.6 Å². The minimum Gasteiger partial charge on any atom is -0.356 e. The monoisotopic (exact) mass is 419 g/mol. The summed E-state index contributed by atoms with van der Waals surface area (Å²) >= 11 is 0. The molecular weight excluding hydrogens is 386 g/mol. The van der Waals surface area contributed by atoms with Gasteiger partial charge in [-0.05, 0) is 43.9 Å². The number of nitrogens with zero attached hydrogens (tertiary/aromatic N) is 5. The number of benzene rings is 1.